The Hall–Kier alpha value is -0.980. The number of aryl methyl sites for hydroxylation is 1. The summed E-state index contributed by atoms with van der Waals surface area (Å²) in [6.07, 6.45) is 2.46. The van der Waals surface area contributed by atoms with Crippen LogP contribution in [0.15, 0.2) is 29.2 Å². The summed E-state index contributed by atoms with van der Waals surface area (Å²) in [7, 11) is 0. The number of hydrogen-bond acceptors (Lipinski definition) is 3. The number of hydrogen-bond donors (Lipinski definition) is 1. The van der Waals surface area contributed by atoms with E-state index in [2.05, 4.69) is 42.6 Å². The van der Waals surface area contributed by atoms with Crippen LogP contribution in [0.3, 0.4) is 0 Å². The van der Waals surface area contributed by atoms with Crippen LogP contribution in [0, 0.1) is 18.3 Å². The average molecular weight is 232 g/mol. The highest BCUT2D eigenvalue weighted by Gasteiger charge is 2.24. The molecule has 1 fully saturated rings. The van der Waals surface area contributed by atoms with Gasteiger partial charge in [0.05, 0.1) is 6.07 Å². The molecule has 1 N–H and O–H groups in total. The molecule has 1 aromatic carbocycles. The molecule has 1 aliphatic rings. The van der Waals surface area contributed by atoms with Crippen LogP contribution in [0.1, 0.15) is 18.4 Å². The van der Waals surface area contributed by atoms with Crippen LogP contribution in [0.5, 0.6) is 0 Å². The summed E-state index contributed by atoms with van der Waals surface area (Å²) in [5.74, 6) is 0.830. The minimum Gasteiger partial charge on any atom is -0.298 e. The first kappa shape index (κ1) is 11.5. The third-order valence-electron chi connectivity index (χ3n) is 2.58. The summed E-state index contributed by atoms with van der Waals surface area (Å²) in [5.41, 5.74) is 1.27. The molecule has 0 saturated heterocycles. The molecule has 1 unspecified atom stereocenters. The van der Waals surface area contributed by atoms with Crippen LogP contribution >= 0.6 is 11.8 Å². The molecule has 0 aliphatic heterocycles. The highest BCUT2D eigenvalue weighted by molar-refractivity contribution is 7.99. The van der Waals surface area contributed by atoms with Gasteiger partial charge in [-0.15, -0.1) is 11.8 Å². The van der Waals surface area contributed by atoms with Crippen LogP contribution in [0.2, 0.25) is 0 Å². The van der Waals surface area contributed by atoms with Gasteiger partial charge < -0.3 is 0 Å². The van der Waals surface area contributed by atoms with E-state index in [1.54, 1.807) is 11.8 Å². The predicted octanol–water partition coefficient (Wildman–Crippen LogP) is 2.73. The van der Waals surface area contributed by atoms with Gasteiger partial charge in [0.2, 0.25) is 0 Å². The van der Waals surface area contributed by atoms with Gasteiger partial charge in [-0.05, 0) is 31.9 Å². The van der Waals surface area contributed by atoms with E-state index < -0.39 is 0 Å². The normalized spacial score (nSPS) is 16.8. The summed E-state index contributed by atoms with van der Waals surface area (Å²) in [4.78, 5) is 1.25. The van der Waals surface area contributed by atoms with Crippen LogP contribution in [-0.4, -0.2) is 17.8 Å². The summed E-state index contributed by atoms with van der Waals surface area (Å²) < 4.78 is 0. The Morgan fingerprint density at radius 3 is 3.00 bits per heavy atom. The lowest BCUT2D eigenvalue weighted by Crippen LogP contribution is -2.31. The fourth-order valence-electron chi connectivity index (χ4n) is 1.54. The molecule has 16 heavy (non-hydrogen) atoms. The smallest absolute Gasteiger partial charge is 0.105 e. The van der Waals surface area contributed by atoms with Crippen molar-refractivity contribution in [3.8, 4) is 6.07 Å². The molecule has 84 valence electrons. The van der Waals surface area contributed by atoms with E-state index in [0.717, 1.165) is 5.75 Å². The van der Waals surface area contributed by atoms with Crippen molar-refractivity contribution in [2.24, 2.45) is 0 Å². The van der Waals surface area contributed by atoms with Gasteiger partial charge in [-0.2, -0.15) is 5.26 Å². The molecule has 0 radical (unpaired) electrons. The quantitative estimate of drug-likeness (QED) is 0.793. The lowest BCUT2D eigenvalue weighted by atomic mass is 10.2. The third kappa shape index (κ3) is 3.55. The number of benzene rings is 1. The minimum atomic E-state index is -0.0157. The lowest BCUT2D eigenvalue weighted by Gasteiger charge is -2.10. The van der Waals surface area contributed by atoms with E-state index in [1.165, 1.54) is 23.3 Å². The monoisotopic (exact) mass is 232 g/mol. The Morgan fingerprint density at radius 1 is 1.56 bits per heavy atom. The van der Waals surface area contributed by atoms with E-state index in [1.807, 2.05) is 0 Å². The molecule has 0 bridgehead atoms. The van der Waals surface area contributed by atoms with E-state index >= 15 is 0 Å². The third-order valence-corrected chi connectivity index (χ3v) is 3.66. The zero-order chi connectivity index (χ0) is 11.4. The number of thioether (sulfide) groups is 1. The average Bonchev–Trinajstić information content (AvgIpc) is 3.08. The maximum atomic E-state index is 9.01. The van der Waals surface area contributed by atoms with Crippen LogP contribution in [-0.2, 0) is 0 Å². The molecule has 2 rings (SSSR count). The molecule has 0 spiro atoms. The topological polar surface area (TPSA) is 35.8 Å². The molecule has 1 saturated carbocycles. The van der Waals surface area contributed by atoms with Crippen molar-refractivity contribution in [2.45, 2.75) is 36.7 Å². The molecule has 1 aliphatic carbocycles. The Bertz CT molecular complexity index is 393. The first-order valence-corrected chi connectivity index (χ1v) is 6.61. The number of nitrogens with one attached hydrogen (secondary N) is 1. The second-order valence-corrected chi connectivity index (χ2v) is 5.34. The predicted molar refractivity (Wildman–Crippen MR) is 67.5 cm³/mol. The Balaban J connectivity index is 1.83. The van der Waals surface area contributed by atoms with Crippen molar-refractivity contribution in [3.05, 3.63) is 29.8 Å². The van der Waals surface area contributed by atoms with Crippen molar-refractivity contribution in [3.63, 3.8) is 0 Å². The van der Waals surface area contributed by atoms with Gasteiger partial charge in [0, 0.05) is 16.7 Å². The van der Waals surface area contributed by atoms with Gasteiger partial charge >= 0.3 is 0 Å². The Morgan fingerprint density at radius 2 is 2.38 bits per heavy atom. The minimum absolute atomic E-state index is 0.0157. The second kappa shape index (κ2) is 5.38. The fraction of sp³-hybridized carbons (Fsp3) is 0.462. The molecule has 3 heteroatoms. The van der Waals surface area contributed by atoms with Gasteiger partial charge in [-0.25, -0.2) is 0 Å². The number of nitriles is 1. The standard InChI is InChI=1S/C13H16N2S/c1-10-3-2-4-13(7-10)16-9-12(8-14)15-11-5-6-11/h2-4,7,11-12,15H,5-6,9H2,1H3. The summed E-state index contributed by atoms with van der Waals surface area (Å²) in [5, 5.41) is 12.4. The molecular weight excluding hydrogens is 216 g/mol. The zero-order valence-electron chi connectivity index (χ0n) is 9.44. The van der Waals surface area contributed by atoms with Gasteiger partial charge in [-0.1, -0.05) is 17.7 Å². The Labute approximate surface area is 101 Å². The van der Waals surface area contributed by atoms with Gasteiger partial charge in [0.1, 0.15) is 6.04 Å². The van der Waals surface area contributed by atoms with Crippen molar-refractivity contribution < 1.29 is 0 Å². The molecular formula is C13H16N2S. The Kier molecular flexibility index (Phi) is 3.87. The first-order chi connectivity index (χ1) is 7.78. The summed E-state index contributed by atoms with van der Waals surface area (Å²) in [6, 6.07) is 11.3. The van der Waals surface area contributed by atoms with Crippen LogP contribution < -0.4 is 5.32 Å². The summed E-state index contributed by atoms with van der Waals surface area (Å²) in [6.45, 7) is 2.09. The van der Waals surface area contributed by atoms with Crippen LogP contribution in [0.25, 0.3) is 0 Å². The number of rotatable bonds is 5. The molecule has 1 atom stereocenters. The van der Waals surface area contributed by atoms with E-state index in [4.69, 9.17) is 5.26 Å². The van der Waals surface area contributed by atoms with Gasteiger partial charge in [-0.3, -0.25) is 5.32 Å². The lowest BCUT2D eigenvalue weighted by molar-refractivity contribution is 0.644. The maximum absolute atomic E-state index is 9.01. The molecule has 0 amide bonds. The van der Waals surface area contributed by atoms with E-state index in [9.17, 15) is 0 Å². The van der Waals surface area contributed by atoms with E-state index in [-0.39, 0.29) is 6.04 Å². The SMILES string of the molecule is Cc1cccc(SCC(C#N)NC2CC2)c1. The van der Waals surface area contributed by atoms with Crippen molar-refractivity contribution in [1.82, 2.24) is 5.32 Å². The second-order valence-electron chi connectivity index (χ2n) is 4.25. The van der Waals surface area contributed by atoms with E-state index in [0.29, 0.717) is 6.04 Å². The molecule has 1 aromatic rings. The summed E-state index contributed by atoms with van der Waals surface area (Å²) >= 11 is 1.75. The zero-order valence-corrected chi connectivity index (χ0v) is 10.3. The van der Waals surface area contributed by atoms with Gasteiger partial charge in [0.25, 0.3) is 0 Å². The van der Waals surface area contributed by atoms with Crippen LogP contribution in [0.4, 0.5) is 0 Å². The number of nitrogens with zero attached hydrogens (tertiary/aromatic N) is 1. The molecule has 2 nitrogen and oxygen atoms in total. The fourth-order valence-corrected chi connectivity index (χ4v) is 2.52. The highest BCUT2D eigenvalue weighted by Crippen LogP contribution is 2.23. The van der Waals surface area contributed by atoms with Gasteiger partial charge in [0.15, 0.2) is 0 Å². The van der Waals surface area contributed by atoms with Crippen molar-refractivity contribution >= 4 is 11.8 Å². The largest absolute Gasteiger partial charge is 0.298 e. The highest BCUT2D eigenvalue weighted by atomic mass is 32.2. The molecule has 0 heterocycles. The van der Waals surface area contributed by atoms with Crippen molar-refractivity contribution in [1.29, 1.82) is 5.26 Å². The maximum Gasteiger partial charge on any atom is 0.105 e. The first-order valence-electron chi connectivity index (χ1n) is 5.63. The van der Waals surface area contributed by atoms with Crippen molar-refractivity contribution in [2.75, 3.05) is 5.75 Å². The molecule has 0 aromatic heterocycles.